The number of nitrogens with one attached hydrogen (secondary N) is 1. The summed E-state index contributed by atoms with van der Waals surface area (Å²) in [6.07, 6.45) is 1.22. The number of nitrogens with zero attached hydrogens (tertiary/aromatic N) is 6. The topological polar surface area (TPSA) is 163 Å². The summed E-state index contributed by atoms with van der Waals surface area (Å²) in [6, 6.07) is -1.08. The van der Waals surface area contributed by atoms with Gasteiger partial charge in [-0.3, -0.25) is 9.59 Å². The monoisotopic (exact) mass is 307 g/mol. The van der Waals surface area contributed by atoms with Gasteiger partial charge in [-0.2, -0.15) is 9.59 Å². The van der Waals surface area contributed by atoms with Gasteiger partial charge < -0.3 is 16.0 Å². The molecule has 22 heavy (non-hydrogen) atoms. The first-order chi connectivity index (χ1) is 10.4. The zero-order chi connectivity index (χ0) is 16.4. The zero-order valence-electron chi connectivity index (χ0n) is 11.7. The fourth-order valence-corrected chi connectivity index (χ4v) is 2.45. The maximum atomic E-state index is 12.0. The van der Waals surface area contributed by atoms with Crippen molar-refractivity contribution in [2.24, 2.45) is 11.8 Å². The molecule has 2 heterocycles. The van der Waals surface area contributed by atoms with Gasteiger partial charge >= 0.3 is 11.7 Å². The second-order valence-electron chi connectivity index (χ2n) is 4.96. The molecule has 0 bridgehead atoms. The van der Waals surface area contributed by atoms with Gasteiger partial charge in [0.15, 0.2) is 6.33 Å². The molecule has 1 aromatic rings. The Balaban J connectivity index is 2.18. The molecule has 4 atom stereocenters. The molecule has 2 rings (SSSR count). The predicted molar refractivity (Wildman–Crippen MR) is 68.4 cm³/mol. The lowest BCUT2D eigenvalue weighted by Gasteiger charge is -2.41. The Morgan fingerprint density at radius 2 is 2.18 bits per heavy atom. The molecular formula is C11H13N7O4. The summed E-state index contributed by atoms with van der Waals surface area (Å²) >= 11 is 0. The van der Waals surface area contributed by atoms with Crippen molar-refractivity contribution in [3.63, 3.8) is 0 Å². The third-order valence-electron chi connectivity index (χ3n) is 3.74. The lowest BCUT2D eigenvalue weighted by Crippen LogP contribution is -2.65. The molecule has 0 saturated carbocycles. The van der Waals surface area contributed by atoms with Crippen LogP contribution in [0.15, 0.2) is 6.33 Å². The van der Waals surface area contributed by atoms with E-state index in [2.05, 4.69) is 25.5 Å². The van der Waals surface area contributed by atoms with Crippen LogP contribution in [0.4, 0.5) is 0 Å². The van der Waals surface area contributed by atoms with Gasteiger partial charge in [-0.05, 0) is 12.1 Å². The molecule has 11 nitrogen and oxygen atoms in total. The Labute approximate surface area is 123 Å². The van der Waals surface area contributed by atoms with Crippen molar-refractivity contribution in [3.8, 4) is 0 Å². The number of tetrazole rings is 1. The number of aliphatic carboxylic acids is 1. The highest BCUT2D eigenvalue weighted by Gasteiger charge is 2.51. The van der Waals surface area contributed by atoms with Crippen LogP contribution in [-0.4, -0.2) is 59.5 Å². The van der Waals surface area contributed by atoms with Gasteiger partial charge in [-0.25, -0.2) is 4.79 Å². The number of amides is 1. The van der Waals surface area contributed by atoms with Gasteiger partial charge in [0, 0.05) is 5.92 Å². The number of carbonyl (C=O) groups is 3. The second-order valence-corrected chi connectivity index (χ2v) is 4.96. The van der Waals surface area contributed by atoms with Gasteiger partial charge in [0.05, 0.1) is 18.0 Å². The van der Waals surface area contributed by atoms with Gasteiger partial charge in [-0.15, -0.1) is 10.2 Å². The number of Topliss-reactive ketones (excluding diaryl/α,β-unsaturated/α-hetero) is 1. The Morgan fingerprint density at radius 3 is 2.64 bits per heavy atom. The molecule has 1 aromatic heterocycles. The van der Waals surface area contributed by atoms with Crippen LogP contribution in [0.25, 0.3) is 5.53 Å². The van der Waals surface area contributed by atoms with Crippen molar-refractivity contribution in [2.75, 3.05) is 0 Å². The van der Waals surface area contributed by atoms with E-state index in [1.165, 1.54) is 18.0 Å². The maximum absolute atomic E-state index is 12.0. The van der Waals surface area contributed by atoms with E-state index in [4.69, 9.17) is 10.6 Å². The predicted octanol–water partition coefficient (Wildman–Crippen LogP) is -1.69. The first kappa shape index (κ1) is 15.4. The second kappa shape index (κ2) is 5.82. The van der Waals surface area contributed by atoms with Crippen molar-refractivity contribution in [3.05, 3.63) is 11.9 Å². The van der Waals surface area contributed by atoms with Crippen molar-refractivity contribution < 1.29 is 24.3 Å². The third kappa shape index (κ3) is 2.49. The highest BCUT2D eigenvalue weighted by molar-refractivity contribution is 6.62. The third-order valence-corrected chi connectivity index (χ3v) is 3.74. The molecule has 0 unspecified atom stereocenters. The number of aromatic nitrogens is 4. The van der Waals surface area contributed by atoms with Gasteiger partial charge in [0.25, 0.3) is 5.78 Å². The number of β-lactam (4-membered cyclic amide) rings is 1. The minimum atomic E-state index is -1.63. The zero-order valence-corrected chi connectivity index (χ0v) is 11.7. The molecule has 0 spiro atoms. The lowest BCUT2D eigenvalue weighted by molar-refractivity contribution is -0.142. The standard InChI is InChI=1S/C11H13N7O4/c1-4(9(19)8(16-12)11(21)22)7-6(10(20)15-7)5(2)18-14-3-13-17-18/h3-7H,1-2H3,(H,15,20)(H,21,22)/t4-,5-,6-,7-/m1/s1. The Morgan fingerprint density at radius 1 is 1.50 bits per heavy atom. The summed E-state index contributed by atoms with van der Waals surface area (Å²) in [6.45, 7) is 3.14. The summed E-state index contributed by atoms with van der Waals surface area (Å²) in [5, 5.41) is 22.5. The molecule has 0 aromatic carbocycles. The summed E-state index contributed by atoms with van der Waals surface area (Å²) in [4.78, 5) is 38.4. The lowest BCUT2D eigenvalue weighted by atomic mass is 9.76. The summed E-state index contributed by atoms with van der Waals surface area (Å²) in [5.41, 5.74) is 7.66. The van der Waals surface area contributed by atoms with E-state index < -0.39 is 41.4 Å². The SMILES string of the molecule is C[C@H]([C@H]1C(=O)N[C@@H]1[C@@H](C)C(=O)C(=[N+]=[N-])C(=O)O)n1ncnn1. The van der Waals surface area contributed by atoms with Crippen LogP contribution in [0, 0.1) is 11.8 Å². The van der Waals surface area contributed by atoms with Crippen LogP contribution < -0.4 is 5.32 Å². The molecule has 11 heteroatoms. The van der Waals surface area contributed by atoms with E-state index in [9.17, 15) is 14.4 Å². The summed E-state index contributed by atoms with van der Waals surface area (Å²) in [5.74, 6) is -4.30. The highest BCUT2D eigenvalue weighted by Crippen LogP contribution is 2.31. The van der Waals surface area contributed by atoms with E-state index >= 15 is 0 Å². The van der Waals surface area contributed by atoms with Crippen LogP contribution in [-0.2, 0) is 14.4 Å². The first-order valence-corrected chi connectivity index (χ1v) is 6.40. The fraction of sp³-hybridized carbons (Fsp3) is 0.545. The van der Waals surface area contributed by atoms with E-state index in [1.54, 1.807) is 6.92 Å². The first-order valence-electron chi connectivity index (χ1n) is 6.40. The molecule has 1 saturated heterocycles. The highest BCUT2D eigenvalue weighted by atomic mass is 16.4. The van der Waals surface area contributed by atoms with Crippen LogP contribution in [0.3, 0.4) is 0 Å². The molecule has 1 aliphatic heterocycles. The Kier molecular flexibility index (Phi) is 4.08. The quantitative estimate of drug-likeness (QED) is 0.208. The van der Waals surface area contributed by atoms with Crippen molar-refractivity contribution >= 4 is 23.4 Å². The number of carboxylic acid groups (broad SMARTS) is 1. The van der Waals surface area contributed by atoms with E-state index in [1.807, 2.05) is 0 Å². The van der Waals surface area contributed by atoms with Gasteiger partial charge in [0.2, 0.25) is 5.91 Å². The minimum absolute atomic E-state index is 0.299. The molecule has 2 N–H and O–H groups in total. The van der Waals surface area contributed by atoms with Crippen LogP contribution in [0.1, 0.15) is 19.9 Å². The molecule has 0 radical (unpaired) electrons. The molecule has 1 aliphatic rings. The maximum Gasteiger partial charge on any atom is 0.441 e. The van der Waals surface area contributed by atoms with Crippen LogP contribution in [0.5, 0.6) is 0 Å². The van der Waals surface area contributed by atoms with E-state index in [-0.39, 0.29) is 5.91 Å². The van der Waals surface area contributed by atoms with Gasteiger partial charge in [0.1, 0.15) is 0 Å². The van der Waals surface area contributed by atoms with Crippen molar-refractivity contribution in [1.29, 1.82) is 0 Å². The van der Waals surface area contributed by atoms with Crippen LogP contribution in [0.2, 0.25) is 0 Å². The molecular weight excluding hydrogens is 294 g/mol. The largest absolute Gasteiger partial charge is 0.472 e. The summed E-state index contributed by atoms with van der Waals surface area (Å²) < 4.78 is 0. The van der Waals surface area contributed by atoms with E-state index in [0.29, 0.717) is 0 Å². The normalized spacial score (nSPS) is 22.7. The van der Waals surface area contributed by atoms with E-state index in [0.717, 1.165) is 0 Å². The Bertz CT molecular complexity index is 664. The fourth-order valence-electron chi connectivity index (χ4n) is 2.45. The van der Waals surface area contributed by atoms with Crippen LogP contribution >= 0.6 is 0 Å². The van der Waals surface area contributed by atoms with Crippen molar-refractivity contribution in [2.45, 2.75) is 25.9 Å². The van der Waals surface area contributed by atoms with Gasteiger partial charge in [-0.1, -0.05) is 6.92 Å². The molecule has 1 fully saturated rings. The summed E-state index contributed by atoms with van der Waals surface area (Å²) in [7, 11) is 0. The molecule has 116 valence electrons. The number of carboxylic acids is 1. The number of rotatable bonds is 6. The average molecular weight is 307 g/mol. The molecule has 1 amide bonds. The van der Waals surface area contributed by atoms with Crippen molar-refractivity contribution in [1.82, 2.24) is 25.5 Å². The smallest absolute Gasteiger partial charge is 0.441 e. The minimum Gasteiger partial charge on any atom is -0.472 e. The Hall–Kier alpha value is -2.94. The average Bonchev–Trinajstić information content (AvgIpc) is 2.98. The number of hydrogen-bond acceptors (Lipinski definition) is 6. The number of hydrogen-bond donors (Lipinski definition) is 2. The molecule has 0 aliphatic carbocycles. The number of carbonyl (C=O) groups excluding carboxylic acids is 2. The number of ketones is 1.